The maximum atomic E-state index is 11.3. The maximum absolute atomic E-state index is 11.3. The van der Waals surface area contributed by atoms with Crippen LogP contribution in [-0.2, 0) is 5.41 Å². The molecule has 1 aliphatic rings. The van der Waals surface area contributed by atoms with Crippen LogP contribution in [0.2, 0.25) is 0 Å². The third kappa shape index (κ3) is 3.22. The van der Waals surface area contributed by atoms with E-state index < -0.39 is 5.97 Å². The minimum absolute atomic E-state index is 0.0775. The Morgan fingerprint density at radius 3 is 2.06 bits per heavy atom. The summed E-state index contributed by atoms with van der Waals surface area (Å²) in [7, 11) is 0. The molecule has 35 heavy (non-hydrogen) atoms. The van der Waals surface area contributed by atoms with Gasteiger partial charge in [0.1, 0.15) is 11.0 Å². The zero-order valence-electron chi connectivity index (χ0n) is 19.6. The second kappa shape index (κ2) is 8.14. The standard InChI is InChI=1S/C30H24N2O2S/c1-3-30(4-2)25-16-20(18-8-10-19(11-9-18)29(33)34)12-14-23(25)24-15-13-21(17-26(24)30)22-6-5-7-27-28(22)32-35-31-27/h5-17H,3-4H2,1-2H3,(H,33,34). The van der Waals surface area contributed by atoms with E-state index in [0.717, 1.165) is 40.6 Å². The van der Waals surface area contributed by atoms with Crippen LogP contribution in [0.25, 0.3) is 44.4 Å². The molecule has 0 spiro atoms. The molecule has 0 atom stereocenters. The van der Waals surface area contributed by atoms with Gasteiger partial charge >= 0.3 is 5.97 Å². The van der Waals surface area contributed by atoms with Crippen molar-refractivity contribution in [3.05, 3.63) is 95.6 Å². The summed E-state index contributed by atoms with van der Waals surface area (Å²) in [6.45, 7) is 4.54. The molecule has 1 aliphatic carbocycles. The summed E-state index contributed by atoms with van der Waals surface area (Å²) in [5.74, 6) is -0.906. The number of benzene rings is 4. The van der Waals surface area contributed by atoms with Gasteiger partial charge in [0, 0.05) is 11.0 Å². The SMILES string of the molecule is CCC1(CC)c2cc(-c3ccc(C(=O)O)cc3)ccc2-c2ccc(-c3cccc4nsnc34)cc21. The first-order valence-electron chi connectivity index (χ1n) is 11.9. The third-order valence-electron chi connectivity index (χ3n) is 7.63. The summed E-state index contributed by atoms with van der Waals surface area (Å²) in [6.07, 6.45) is 1.99. The zero-order valence-corrected chi connectivity index (χ0v) is 20.4. The van der Waals surface area contributed by atoms with Crippen molar-refractivity contribution >= 4 is 28.7 Å². The van der Waals surface area contributed by atoms with Crippen molar-refractivity contribution in [2.75, 3.05) is 0 Å². The Labute approximate surface area is 208 Å². The Morgan fingerprint density at radius 1 is 0.771 bits per heavy atom. The second-order valence-electron chi connectivity index (χ2n) is 9.13. The molecule has 0 fully saturated rings. The number of carboxylic acid groups (broad SMARTS) is 1. The molecule has 172 valence electrons. The smallest absolute Gasteiger partial charge is 0.335 e. The van der Waals surface area contributed by atoms with E-state index in [1.807, 2.05) is 18.2 Å². The number of carboxylic acids is 1. The van der Waals surface area contributed by atoms with E-state index in [4.69, 9.17) is 0 Å². The van der Waals surface area contributed by atoms with Gasteiger partial charge in [0.25, 0.3) is 0 Å². The lowest BCUT2D eigenvalue weighted by molar-refractivity contribution is 0.0697. The number of rotatable bonds is 5. The first kappa shape index (κ1) is 21.7. The highest BCUT2D eigenvalue weighted by Crippen LogP contribution is 2.54. The van der Waals surface area contributed by atoms with Crippen LogP contribution in [0.1, 0.15) is 48.2 Å². The molecule has 0 aliphatic heterocycles. The normalized spacial score (nSPS) is 13.5. The predicted molar refractivity (Wildman–Crippen MR) is 142 cm³/mol. The van der Waals surface area contributed by atoms with Gasteiger partial charge in [-0.05, 0) is 82.1 Å². The molecule has 0 saturated carbocycles. The van der Waals surface area contributed by atoms with Crippen LogP contribution < -0.4 is 0 Å². The van der Waals surface area contributed by atoms with Crippen LogP contribution in [-0.4, -0.2) is 19.8 Å². The molecule has 0 radical (unpaired) electrons. The number of fused-ring (bicyclic) bond motifs is 4. The quantitative estimate of drug-likeness (QED) is 0.281. The summed E-state index contributed by atoms with van der Waals surface area (Å²) < 4.78 is 8.98. The molecule has 0 bridgehead atoms. The van der Waals surface area contributed by atoms with Crippen LogP contribution in [0.5, 0.6) is 0 Å². The summed E-state index contributed by atoms with van der Waals surface area (Å²) in [6, 6.07) is 26.8. The molecular weight excluding hydrogens is 452 g/mol. The van der Waals surface area contributed by atoms with Gasteiger partial charge in [-0.2, -0.15) is 8.75 Å². The molecule has 0 amide bonds. The van der Waals surface area contributed by atoms with Gasteiger partial charge in [-0.25, -0.2) is 4.79 Å². The van der Waals surface area contributed by atoms with Gasteiger partial charge in [0.15, 0.2) is 0 Å². The lowest BCUT2D eigenvalue weighted by atomic mass is 9.73. The monoisotopic (exact) mass is 476 g/mol. The minimum atomic E-state index is -0.906. The molecular formula is C30H24N2O2S. The van der Waals surface area contributed by atoms with Crippen molar-refractivity contribution < 1.29 is 9.90 Å². The Morgan fingerprint density at radius 2 is 1.40 bits per heavy atom. The molecule has 0 saturated heterocycles. The highest BCUT2D eigenvalue weighted by atomic mass is 32.1. The van der Waals surface area contributed by atoms with Crippen molar-refractivity contribution in [2.45, 2.75) is 32.1 Å². The molecule has 1 heterocycles. The fraction of sp³-hybridized carbons (Fsp3) is 0.167. The number of aromatic nitrogens is 2. The number of hydrogen-bond acceptors (Lipinski definition) is 4. The van der Waals surface area contributed by atoms with Crippen LogP contribution in [0.4, 0.5) is 0 Å². The number of aromatic carboxylic acids is 1. The Hall–Kier alpha value is -3.83. The summed E-state index contributed by atoms with van der Waals surface area (Å²) in [5, 5.41) is 9.25. The van der Waals surface area contributed by atoms with Crippen molar-refractivity contribution in [3.8, 4) is 33.4 Å². The largest absolute Gasteiger partial charge is 0.478 e. The van der Waals surface area contributed by atoms with Gasteiger partial charge in [0.2, 0.25) is 0 Å². The fourth-order valence-electron chi connectivity index (χ4n) is 5.70. The zero-order chi connectivity index (χ0) is 24.2. The molecule has 6 rings (SSSR count). The van der Waals surface area contributed by atoms with E-state index in [-0.39, 0.29) is 5.41 Å². The highest BCUT2D eigenvalue weighted by molar-refractivity contribution is 7.00. The summed E-state index contributed by atoms with van der Waals surface area (Å²) in [5.41, 5.74) is 11.8. The van der Waals surface area contributed by atoms with Crippen LogP contribution in [0, 0.1) is 0 Å². The van der Waals surface area contributed by atoms with E-state index in [9.17, 15) is 9.90 Å². The highest BCUT2D eigenvalue weighted by Gasteiger charge is 2.40. The minimum Gasteiger partial charge on any atom is -0.478 e. The Bertz CT molecular complexity index is 1600. The van der Waals surface area contributed by atoms with Gasteiger partial charge < -0.3 is 5.11 Å². The van der Waals surface area contributed by atoms with E-state index in [2.05, 4.69) is 71.1 Å². The van der Waals surface area contributed by atoms with Crippen LogP contribution >= 0.6 is 11.7 Å². The fourth-order valence-corrected chi connectivity index (χ4v) is 6.25. The molecule has 0 unspecified atom stereocenters. The summed E-state index contributed by atoms with van der Waals surface area (Å²) >= 11 is 1.26. The second-order valence-corrected chi connectivity index (χ2v) is 9.66. The van der Waals surface area contributed by atoms with E-state index in [1.54, 1.807) is 12.1 Å². The van der Waals surface area contributed by atoms with Gasteiger partial charge in [0.05, 0.1) is 17.3 Å². The molecule has 5 aromatic rings. The molecule has 4 nitrogen and oxygen atoms in total. The van der Waals surface area contributed by atoms with Crippen LogP contribution in [0.15, 0.2) is 78.9 Å². The number of nitrogens with zero attached hydrogens (tertiary/aromatic N) is 2. The average Bonchev–Trinajstić information content (AvgIpc) is 3.49. The molecule has 4 aromatic carbocycles. The van der Waals surface area contributed by atoms with Gasteiger partial charge in [-0.3, -0.25) is 0 Å². The van der Waals surface area contributed by atoms with E-state index >= 15 is 0 Å². The molecule has 1 aromatic heterocycles. The van der Waals surface area contributed by atoms with Crippen molar-refractivity contribution in [2.24, 2.45) is 0 Å². The van der Waals surface area contributed by atoms with Gasteiger partial charge in [-0.15, -0.1) is 0 Å². The van der Waals surface area contributed by atoms with Crippen molar-refractivity contribution in [1.82, 2.24) is 8.75 Å². The Kier molecular flexibility index (Phi) is 5.04. The summed E-state index contributed by atoms with van der Waals surface area (Å²) in [4.78, 5) is 11.3. The van der Waals surface area contributed by atoms with Gasteiger partial charge in [-0.1, -0.05) is 62.4 Å². The molecule has 5 heteroatoms. The Balaban J connectivity index is 1.50. The lowest BCUT2D eigenvalue weighted by Crippen LogP contribution is -2.23. The first-order valence-corrected chi connectivity index (χ1v) is 12.6. The average molecular weight is 477 g/mol. The first-order chi connectivity index (χ1) is 17.1. The lowest BCUT2D eigenvalue weighted by Gasteiger charge is -2.30. The van der Waals surface area contributed by atoms with E-state index in [1.165, 1.54) is 39.5 Å². The topological polar surface area (TPSA) is 63.1 Å². The molecule has 1 N–H and O–H groups in total. The number of carbonyl (C=O) groups is 1. The third-order valence-corrected chi connectivity index (χ3v) is 8.17. The van der Waals surface area contributed by atoms with Crippen molar-refractivity contribution in [1.29, 1.82) is 0 Å². The van der Waals surface area contributed by atoms with Crippen molar-refractivity contribution in [3.63, 3.8) is 0 Å². The predicted octanol–water partition coefficient (Wildman–Crippen LogP) is 7.81. The maximum Gasteiger partial charge on any atom is 0.335 e. The van der Waals surface area contributed by atoms with E-state index in [0.29, 0.717) is 5.56 Å². The number of hydrogen-bond donors (Lipinski definition) is 1. The van der Waals surface area contributed by atoms with Crippen LogP contribution in [0.3, 0.4) is 0 Å².